The van der Waals surface area contributed by atoms with Gasteiger partial charge in [-0.25, -0.2) is 4.98 Å². The van der Waals surface area contributed by atoms with Crippen LogP contribution in [0, 0.1) is 12.8 Å². The van der Waals surface area contributed by atoms with Gasteiger partial charge in [-0.05, 0) is 25.7 Å². The number of aryl methyl sites for hydroxylation is 2. The zero-order valence-electron chi connectivity index (χ0n) is 9.72. The van der Waals surface area contributed by atoms with Gasteiger partial charge in [0.2, 0.25) is 0 Å². The van der Waals surface area contributed by atoms with Crippen LogP contribution in [0.1, 0.15) is 18.5 Å². The molecule has 1 saturated carbocycles. The summed E-state index contributed by atoms with van der Waals surface area (Å²) in [7, 11) is 1.94. The van der Waals surface area contributed by atoms with E-state index in [0.29, 0.717) is 0 Å². The van der Waals surface area contributed by atoms with E-state index in [1.54, 1.807) is 0 Å². The number of hydrogen-bond acceptors (Lipinski definition) is 2. The largest absolute Gasteiger partial charge is 0.328 e. The minimum absolute atomic E-state index is 0.864. The van der Waals surface area contributed by atoms with E-state index in [1.807, 2.05) is 30.3 Å². The lowest BCUT2D eigenvalue weighted by molar-refractivity contribution is 0.619. The Morgan fingerprint density at radius 2 is 2.19 bits per heavy atom. The normalized spacial score (nSPS) is 15.6. The highest BCUT2D eigenvalue weighted by Crippen LogP contribution is 2.32. The van der Waals surface area contributed by atoms with Crippen molar-refractivity contribution in [2.45, 2.75) is 26.3 Å². The van der Waals surface area contributed by atoms with Gasteiger partial charge in [-0.15, -0.1) is 0 Å². The summed E-state index contributed by atoms with van der Waals surface area (Å²) < 4.78 is 4.13. The molecule has 0 unspecified atom stereocenters. The Labute approximate surface area is 94.9 Å². The van der Waals surface area contributed by atoms with Crippen molar-refractivity contribution in [3.8, 4) is 11.4 Å². The number of imidazole rings is 1. The first-order valence-corrected chi connectivity index (χ1v) is 5.75. The van der Waals surface area contributed by atoms with Gasteiger partial charge >= 0.3 is 0 Å². The monoisotopic (exact) mass is 216 g/mol. The van der Waals surface area contributed by atoms with Crippen molar-refractivity contribution < 1.29 is 0 Å². The second kappa shape index (κ2) is 3.47. The molecule has 2 aromatic rings. The van der Waals surface area contributed by atoms with E-state index in [9.17, 15) is 0 Å². The molecule has 1 aliphatic rings. The van der Waals surface area contributed by atoms with Gasteiger partial charge in [0.1, 0.15) is 5.82 Å². The predicted octanol–water partition coefficient (Wildman–Crippen LogP) is 2.00. The standard InChI is InChI=1S/C12H16N4/c1-9-5-13-12(11-6-14-15(2)8-11)16(9)7-10-3-4-10/h5-6,8,10H,3-4,7H2,1-2H3. The molecular formula is C12H16N4. The number of aromatic nitrogens is 4. The van der Waals surface area contributed by atoms with Gasteiger partial charge in [0.15, 0.2) is 0 Å². The maximum Gasteiger partial charge on any atom is 0.143 e. The summed E-state index contributed by atoms with van der Waals surface area (Å²) in [5, 5.41) is 4.20. The Kier molecular flexibility index (Phi) is 2.09. The molecule has 1 fully saturated rings. The molecule has 0 saturated heterocycles. The molecule has 1 aliphatic carbocycles. The summed E-state index contributed by atoms with van der Waals surface area (Å²) in [5.74, 6) is 1.92. The Bertz CT molecular complexity index is 505. The topological polar surface area (TPSA) is 35.6 Å². The summed E-state index contributed by atoms with van der Waals surface area (Å²) in [4.78, 5) is 4.49. The van der Waals surface area contributed by atoms with Crippen LogP contribution in [0.25, 0.3) is 11.4 Å². The first kappa shape index (κ1) is 9.63. The molecule has 0 radical (unpaired) electrons. The Hall–Kier alpha value is -1.58. The van der Waals surface area contributed by atoms with E-state index in [1.165, 1.54) is 18.5 Å². The van der Waals surface area contributed by atoms with E-state index in [2.05, 4.69) is 21.6 Å². The van der Waals surface area contributed by atoms with Crippen LogP contribution >= 0.6 is 0 Å². The minimum Gasteiger partial charge on any atom is -0.328 e. The van der Waals surface area contributed by atoms with Gasteiger partial charge in [0.25, 0.3) is 0 Å². The second-order valence-electron chi connectivity index (χ2n) is 4.68. The van der Waals surface area contributed by atoms with Gasteiger partial charge in [0, 0.05) is 31.7 Å². The molecule has 2 heterocycles. The molecule has 0 spiro atoms. The molecule has 4 heteroatoms. The smallest absolute Gasteiger partial charge is 0.143 e. The molecule has 3 rings (SSSR count). The predicted molar refractivity (Wildman–Crippen MR) is 61.9 cm³/mol. The van der Waals surface area contributed by atoms with Crippen molar-refractivity contribution in [3.05, 3.63) is 24.3 Å². The fourth-order valence-electron chi connectivity index (χ4n) is 2.02. The quantitative estimate of drug-likeness (QED) is 0.786. The van der Waals surface area contributed by atoms with Gasteiger partial charge < -0.3 is 4.57 Å². The summed E-state index contributed by atoms with van der Waals surface area (Å²) >= 11 is 0. The lowest BCUT2D eigenvalue weighted by Crippen LogP contribution is -2.03. The molecule has 84 valence electrons. The van der Waals surface area contributed by atoms with E-state index in [4.69, 9.17) is 0 Å². The lowest BCUT2D eigenvalue weighted by atomic mass is 10.3. The lowest BCUT2D eigenvalue weighted by Gasteiger charge is -2.07. The van der Waals surface area contributed by atoms with E-state index < -0.39 is 0 Å². The van der Waals surface area contributed by atoms with Crippen LogP contribution in [0.15, 0.2) is 18.6 Å². The molecule has 0 amide bonds. The fourth-order valence-corrected chi connectivity index (χ4v) is 2.02. The van der Waals surface area contributed by atoms with Crippen LogP contribution in [-0.2, 0) is 13.6 Å². The van der Waals surface area contributed by atoms with Crippen molar-refractivity contribution in [3.63, 3.8) is 0 Å². The SMILES string of the molecule is Cc1cnc(-c2cnn(C)c2)n1CC1CC1. The molecule has 4 nitrogen and oxygen atoms in total. The van der Waals surface area contributed by atoms with Crippen molar-refractivity contribution in [1.82, 2.24) is 19.3 Å². The number of nitrogens with zero attached hydrogens (tertiary/aromatic N) is 4. The molecule has 2 aromatic heterocycles. The highest BCUT2D eigenvalue weighted by molar-refractivity contribution is 5.53. The molecule has 0 aromatic carbocycles. The maximum absolute atomic E-state index is 4.49. The van der Waals surface area contributed by atoms with Crippen LogP contribution in [0.3, 0.4) is 0 Å². The summed E-state index contributed by atoms with van der Waals surface area (Å²) in [6.07, 6.45) is 8.58. The average molecular weight is 216 g/mol. The van der Waals surface area contributed by atoms with Crippen molar-refractivity contribution in [2.75, 3.05) is 0 Å². The zero-order valence-corrected chi connectivity index (χ0v) is 9.72. The van der Waals surface area contributed by atoms with Gasteiger partial charge in [-0.1, -0.05) is 0 Å². The van der Waals surface area contributed by atoms with E-state index in [-0.39, 0.29) is 0 Å². The summed E-state index contributed by atoms with van der Waals surface area (Å²) in [6, 6.07) is 0. The van der Waals surface area contributed by atoms with Gasteiger partial charge in [0.05, 0.1) is 11.8 Å². The Balaban J connectivity index is 1.99. The van der Waals surface area contributed by atoms with Gasteiger partial charge in [-0.3, -0.25) is 4.68 Å². The van der Waals surface area contributed by atoms with Crippen LogP contribution < -0.4 is 0 Å². The zero-order chi connectivity index (χ0) is 11.1. The third-order valence-corrected chi connectivity index (χ3v) is 3.16. The number of hydrogen-bond donors (Lipinski definition) is 0. The maximum atomic E-state index is 4.49. The number of rotatable bonds is 3. The minimum atomic E-state index is 0.864. The third-order valence-electron chi connectivity index (χ3n) is 3.16. The van der Waals surface area contributed by atoms with E-state index >= 15 is 0 Å². The van der Waals surface area contributed by atoms with Crippen molar-refractivity contribution >= 4 is 0 Å². The summed E-state index contributed by atoms with van der Waals surface area (Å²) in [6.45, 7) is 3.23. The molecule has 0 atom stereocenters. The van der Waals surface area contributed by atoms with Crippen molar-refractivity contribution in [1.29, 1.82) is 0 Å². The Morgan fingerprint density at radius 1 is 1.38 bits per heavy atom. The van der Waals surface area contributed by atoms with Crippen LogP contribution in [0.4, 0.5) is 0 Å². The Morgan fingerprint density at radius 3 is 2.81 bits per heavy atom. The summed E-state index contributed by atoms with van der Waals surface area (Å²) in [5.41, 5.74) is 2.35. The van der Waals surface area contributed by atoms with Crippen LogP contribution in [0.5, 0.6) is 0 Å². The molecule has 0 N–H and O–H groups in total. The molecule has 16 heavy (non-hydrogen) atoms. The van der Waals surface area contributed by atoms with Crippen molar-refractivity contribution in [2.24, 2.45) is 13.0 Å². The third kappa shape index (κ3) is 1.64. The fraction of sp³-hybridized carbons (Fsp3) is 0.500. The van der Waals surface area contributed by atoms with Crippen LogP contribution in [-0.4, -0.2) is 19.3 Å². The second-order valence-corrected chi connectivity index (χ2v) is 4.68. The highest BCUT2D eigenvalue weighted by atomic mass is 15.2. The molecule has 0 bridgehead atoms. The first-order chi connectivity index (χ1) is 7.74. The first-order valence-electron chi connectivity index (χ1n) is 5.75. The average Bonchev–Trinajstić information content (AvgIpc) is 2.87. The van der Waals surface area contributed by atoms with Crippen LogP contribution in [0.2, 0.25) is 0 Å². The van der Waals surface area contributed by atoms with E-state index in [0.717, 1.165) is 23.9 Å². The molecular weight excluding hydrogens is 200 g/mol. The highest BCUT2D eigenvalue weighted by Gasteiger charge is 2.24. The van der Waals surface area contributed by atoms with Gasteiger partial charge in [-0.2, -0.15) is 5.10 Å². The molecule has 0 aliphatic heterocycles.